The van der Waals surface area contributed by atoms with Crippen LogP contribution in [0.3, 0.4) is 0 Å². The van der Waals surface area contributed by atoms with Gasteiger partial charge < -0.3 is 9.13 Å². The molecule has 0 spiro atoms. The van der Waals surface area contributed by atoms with Gasteiger partial charge in [0.05, 0.1) is 6.54 Å². The molecule has 3 rings (SSSR count). The van der Waals surface area contributed by atoms with Crippen molar-refractivity contribution >= 4 is 0 Å². The van der Waals surface area contributed by atoms with Crippen LogP contribution in [-0.4, -0.2) is 9.13 Å². The van der Waals surface area contributed by atoms with Crippen LogP contribution in [0.15, 0.2) is 46.2 Å². The molecule has 0 radical (unpaired) electrons. The lowest BCUT2D eigenvalue weighted by Gasteiger charge is -2.08. The fourth-order valence-corrected chi connectivity index (χ4v) is 2.10. The van der Waals surface area contributed by atoms with Crippen molar-refractivity contribution in [3.8, 4) is 0 Å². The maximum Gasteiger partial charge on any atom is 0.316 e. The Morgan fingerprint density at radius 3 is 2.53 bits per heavy atom. The van der Waals surface area contributed by atoms with Crippen molar-refractivity contribution < 1.29 is 4.39 Å². The van der Waals surface area contributed by atoms with Crippen molar-refractivity contribution in [1.29, 1.82) is 0 Å². The van der Waals surface area contributed by atoms with Crippen LogP contribution < -0.4 is 11.1 Å². The molecule has 0 N–H and O–H groups in total. The molecule has 98 valence electrons. The molecule has 19 heavy (non-hydrogen) atoms. The molecular weight excluding hydrogens is 247 g/mol. The number of aromatic nitrogens is 2. The summed E-state index contributed by atoms with van der Waals surface area (Å²) in [6.45, 7) is 0.0756. The van der Waals surface area contributed by atoms with Gasteiger partial charge in [-0.05, 0) is 18.9 Å². The lowest BCUT2D eigenvalue weighted by molar-refractivity contribution is 0.586. The summed E-state index contributed by atoms with van der Waals surface area (Å²) in [5.41, 5.74) is -0.729. The number of nitrogens with zero attached hydrogens (tertiary/aromatic N) is 2. The van der Waals surface area contributed by atoms with Crippen molar-refractivity contribution in [1.82, 2.24) is 9.13 Å². The summed E-state index contributed by atoms with van der Waals surface area (Å²) in [5, 5.41) is 0. The molecule has 1 heterocycles. The maximum atomic E-state index is 13.5. The standard InChI is InChI=1S/C14H13FN2O2/c15-12-4-2-1-3-10(12)9-16-7-8-17(11-5-6-11)14(19)13(16)18/h1-4,7-8,11H,5-6,9H2. The lowest BCUT2D eigenvalue weighted by atomic mass is 10.2. The van der Waals surface area contributed by atoms with Crippen LogP contribution in [0, 0.1) is 5.82 Å². The number of hydrogen-bond acceptors (Lipinski definition) is 2. The van der Waals surface area contributed by atoms with Gasteiger partial charge in [0.25, 0.3) is 0 Å². The van der Waals surface area contributed by atoms with Crippen LogP contribution in [0.4, 0.5) is 4.39 Å². The van der Waals surface area contributed by atoms with Crippen LogP contribution in [0.1, 0.15) is 24.4 Å². The van der Waals surface area contributed by atoms with Gasteiger partial charge in [-0.25, -0.2) is 4.39 Å². The molecule has 1 fully saturated rings. The van der Waals surface area contributed by atoms with Gasteiger partial charge in [-0.2, -0.15) is 0 Å². The third kappa shape index (κ3) is 2.23. The van der Waals surface area contributed by atoms with E-state index in [1.54, 1.807) is 30.6 Å². The Kier molecular flexibility index (Phi) is 2.81. The molecular formula is C14H13FN2O2. The highest BCUT2D eigenvalue weighted by molar-refractivity contribution is 5.17. The van der Waals surface area contributed by atoms with E-state index in [1.807, 2.05) is 0 Å². The van der Waals surface area contributed by atoms with E-state index in [-0.39, 0.29) is 18.4 Å². The Bertz CT molecular complexity index is 729. The van der Waals surface area contributed by atoms with Gasteiger partial charge in [0.1, 0.15) is 5.82 Å². The van der Waals surface area contributed by atoms with Crippen LogP contribution in [0.2, 0.25) is 0 Å². The molecule has 2 aromatic rings. The van der Waals surface area contributed by atoms with Crippen LogP contribution in [0.25, 0.3) is 0 Å². The van der Waals surface area contributed by atoms with E-state index < -0.39 is 11.1 Å². The van der Waals surface area contributed by atoms with Crippen molar-refractivity contribution in [2.45, 2.75) is 25.4 Å². The Morgan fingerprint density at radius 2 is 1.84 bits per heavy atom. The summed E-state index contributed by atoms with van der Waals surface area (Å²) in [6, 6.07) is 6.41. The van der Waals surface area contributed by atoms with Crippen molar-refractivity contribution in [3.63, 3.8) is 0 Å². The predicted molar refractivity (Wildman–Crippen MR) is 68.7 cm³/mol. The number of rotatable bonds is 3. The SMILES string of the molecule is O=c1c(=O)n(C2CC2)ccn1Cc1ccccc1F. The van der Waals surface area contributed by atoms with Crippen molar-refractivity contribution in [2.24, 2.45) is 0 Å². The fourth-order valence-electron chi connectivity index (χ4n) is 2.10. The number of benzene rings is 1. The second-order valence-corrected chi connectivity index (χ2v) is 4.77. The monoisotopic (exact) mass is 260 g/mol. The molecule has 0 unspecified atom stereocenters. The smallest absolute Gasteiger partial charge is 0.306 e. The zero-order chi connectivity index (χ0) is 13.4. The summed E-state index contributed by atoms with van der Waals surface area (Å²) in [6.07, 6.45) is 5.05. The first-order valence-corrected chi connectivity index (χ1v) is 6.22. The summed E-state index contributed by atoms with van der Waals surface area (Å²) < 4.78 is 16.2. The van der Waals surface area contributed by atoms with Crippen LogP contribution in [-0.2, 0) is 6.54 Å². The van der Waals surface area contributed by atoms with Gasteiger partial charge in [0.15, 0.2) is 0 Å². The maximum absolute atomic E-state index is 13.5. The summed E-state index contributed by atoms with van der Waals surface area (Å²) in [5.74, 6) is -0.374. The van der Waals surface area contributed by atoms with E-state index in [0.29, 0.717) is 5.56 Å². The van der Waals surface area contributed by atoms with Crippen molar-refractivity contribution in [2.75, 3.05) is 0 Å². The molecule has 0 bridgehead atoms. The van der Waals surface area contributed by atoms with Gasteiger partial charge in [-0.3, -0.25) is 9.59 Å². The number of hydrogen-bond donors (Lipinski definition) is 0. The molecule has 0 atom stereocenters. The van der Waals surface area contributed by atoms with Crippen LogP contribution >= 0.6 is 0 Å². The van der Waals surface area contributed by atoms with E-state index in [0.717, 1.165) is 12.8 Å². The highest BCUT2D eigenvalue weighted by Gasteiger charge is 2.25. The molecule has 5 heteroatoms. The van der Waals surface area contributed by atoms with E-state index in [4.69, 9.17) is 0 Å². The first kappa shape index (κ1) is 11.9. The molecule has 4 nitrogen and oxygen atoms in total. The molecule has 1 saturated carbocycles. The first-order chi connectivity index (χ1) is 9.16. The Morgan fingerprint density at radius 1 is 1.11 bits per heavy atom. The summed E-state index contributed by atoms with van der Waals surface area (Å²) >= 11 is 0. The molecule has 0 amide bonds. The van der Waals surface area contributed by atoms with Gasteiger partial charge >= 0.3 is 11.1 Å². The highest BCUT2D eigenvalue weighted by Crippen LogP contribution is 2.32. The summed E-state index contributed by atoms with van der Waals surface area (Å²) in [7, 11) is 0. The molecule has 1 aromatic heterocycles. The Labute approximate surface area is 108 Å². The largest absolute Gasteiger partial charge is 0.316 e. The predicted octanol–water partition coefficient (Wildman–Crippen LogP) is 1.53. The molecule has 0 aliphatic heterocycles. The normalized spacial score (nSPS) is 14.6. The van der Waals surface area contributed by atoms with Gasteiger partial charge in [-0.1, -0.05) is 18.2 Å². The minimum absolute atomic E-state index is 0.0756. The van der Waals surface area contributed by atoms with Gasteiger partial charge in [-0.15, -0.1) is 0 Å². The average molecular weight is 260 g/mol. The van der Waals surface area contributed by atoms with E-state index in [1.165, 1.54) is 15.2 Å². The van der Waals surface area contributed by atoms with Crippen LogP contribution in [0.5, 0.6) is 0 Å². The lowest BCUT2D eigenvalue weighted by Crippen LogP contribution is -2.40. The zero-order valence-corrected chi connectivity index (χ0v) is 10.3. The minimum Gasteiger partial charge on any atom is -0.306 e. The highest BCUT2D eigenvalue weighted by atomic mass is 19.1. The third-order valence-electron chi connectivity index (χ3n) is 3.32. The topological polar surface area (TPSA) is 44.0 Å². The molecule has 1 aromatic carbocycles. The second kappa shape index (κ2) is 4.50. The van der Waals surface area contributed by atoms with Gasteiger partial charge in [0.2, 0.25) is 0 Å². The third-order valence-corrected chi connectivity index (χ3v) is 3.32. The molecule has 0 saturated heterocycles. The molecule has 1 aliphatic carbocycles. The fraction of sp³-hybridized carbons (Fsp3) is 0.286. The van der Waals surface area contributed by atoms with Crippen molar-refractivity contribution in [3.05, 3.63) is 68.7 Å². The Balaban J connectivity index is 1.98. The summed E-state index contributed by atoms with van der Waals surface area (Å²) in [4.78, 5) is 23.8. The molecule has 1 aliphatic rings. The zero-order valence-electron chi connectivity index (χ0n) is 10.3. The number of halogens is 1. The van der Waals surface area contributed by atoms with E-state index >= 15 is 0 Å². The Hall–Kier alpha value is -2.17. The van der Waals surface area contributed by atoms with E-state index in [2.05, 4.69) is 0 Å². The minimum atomic E-state index is -0.599. The first-order valence-electron chi connectivity index (χ1n) is 6.22. The van der Waals surface area contributed by atoms with E-state index in [9.17, 15) is 14.0 Å². The van der Waals surface area contributed by atoms with Gasteiger partial charge in [0, 0.05) is 24.0 Å². The average Bonchev–Trinajstić information content (AvgIpc) is 3.22. The quantitative estimate of drug-likeness (QED) is 0.786. The second-order valence-electron chi connectivity index (χ2n) is 4.77.